The first-order chi connectivity index (χ1) is 12.7. The molecular formula is C22H21NO3. The molecule has 0 aliphatic heterocycles. The molecule has 0 spiro atoms. The van der Waals surface area contributed by atoms with Crippen molar-refractivity contribution in [2.45, 2.75) is 45.1 Å². The Hall–Kier alpha value is -2.75. The first kappa shape index (κ1) is 15.5. The van der Waals surface area contributed by atoms with E-state index in [1.807, 2.05) is 31.2 Å². The molecule has 4 heteroatoms. The van der Waals surface area contributed by atoms with Crippen molar-refractivity contribution in [1.82, 2.24) is 0 Å². The molecule has 1 fully saturated rings. The summed E-state index contributed by atoms with van der Waals surface area (Å²) >= 11 is 0. The highest BCUT2D eigenvalue weighted by Gasteiger charge is 2.23. The van der Waals surface area contributed by atoms with E-state index in [-0.39, 0.29) is 5.63 Å². The van der Waals surface area contributed by atoms with E-state index in [2.05, 4.69) is 17.4 Å². The molecule has 1 aliphatic rings. The summed E-state index contributed by atoms with van der Waals surface area (Å²) in [7, 11) is 0. The molecule has 0 unspecified atom stereocenters. The molecule has 2 aromatic carbocycles. The topological polar surface area (TPSA) is 55.4 Å². The summed E-state index contributed by atoms with van der Waals surface area (Å²) < 4.78 is 11.7. The van der Waals surface area contributed by atoms with Crippen LogP contribution in [0.15, 0.2) is 50.0 Å². The highest BCUT2D eigenvalue weighted by Crippen LogP contribution is 2.38. The van der Waals surface area contributed by atoms with Crippen LogP contribution in [0.25, 0.3) is 32.5 Å². The Labute approximate surface area is 150 Å². The number of fused-ring (bicyclic) bond motifs is 5. The monoisotopic (exact) mass is 347 g/mol. The van der Waals surface area contributed by atoms with Gasteiger partial charge in [0.15, 0.2) is 0 Å². The van der Waals surface area contributed by atoms with E-state index in [1.165, 1.54) is 19.3 Å². The summed E-state index contributed by atoms with van der Waals surface area (Å²) in [4.78, 5) is 12.6. The third-order valence-corrected chi connectivity index (χ3v) is 5.57. The maximum absolute atomic E-state index is 12.6. The minimum atomic E-state index is -0.333. The molecule has 0 bridgehead atoms. The van der Waals surface area contributed by atoms with Crippen LogP contribution >= 0.6 is 0 Å². The lowest BCUT2D eigenvalue weighted by Gasteiger charge is -2.22. The molecular weight excluding hydrogens is 326 g/mol. The molecule has 1 N–H and O–H groups in total. The smallest absolute Gasteiger partial charge is 0.347 e. The van der Waals surface area contributed by atoms with Crippen LogP contribution in [0, 0.1) is 6.92 Å². The summed E-state index contributed by atoms with van der Waals surface area (Å²) in [5.41, 5.74) is 0.273. The number of rotatable bonds is 2. The third-order valence-electron chi connectivity index (χ3n) is 5.57. The first-order valence-corrected chi connectivity index (χ1v) is 9.36. The van der Waals surface area contributed by atoms with Crippen molar-refractivity contribution in [1.29, 1.82) is 0 Å². The molecule has 0 atom stereocenters. The van der Waals surface area contributed by atoms with Gasteiger partial charge in [0.1, 0.15) is 16.7 Å². The lowest BCUT2D eigenvalue weighted by atomic mass is 9.95. The lowest BCUT2D eigenvalue weighted by molar-refractivity contribution is 0.448. The van der Waals surface area contributed by atoms with Gasteiger partial charge in [-0.2, -0.15) is 0 Å². The molecule has 5 rings (SSSR count). The lowest BCUT2D eigenvalue weighted by Crippen LogP contribution is -2.22. The summed E-state index contributed by atoms with van der Waals surface area (Å²) in [6.07, 6.45) is 6.05. The van der Waals surface area contributed by atoms with Gasteiger partial charge in [-0.05, 0) is 36.6 Å². The Bertz CT molecular complexity index is 1180. The van der Waals surface area contributed by atoms with Gasteiger partial charge >= 0.3 is 5.63 Å². The first-order valence-electron chi connectivity index (χ1n) is 9.36. The standard InChI is InChI=1S/C22H21NO3/c1-13-18-20(21(25-13)23-15-8-3-2-4-9-15)19-16-10-6-5-7-14(16)11-12-17(19)26-22(18)24/h5-7,10-12,15,23H,2-4,8-9H2,1H3. The predicted molar refractivity (Wildman–Crippen MR) is 105 cm³/mol. The molecule has 4 nitrogen and oxygen atoms in total. The Kier molecular flexibility index (Phi) is 3.52. The second kappa shape index (κ2) is 5.90. The fourth-order valence-electron chi connectivity index (χ4n) is 4.31. The van der Waals surface area contributed by atoms with Crippen molar-refractivity contribution in [2.75, 3.05) is 5.32 Å². The van der Waals surface area contributed by atoms with E-state index in [0.29, 0.717) is 28.7 Å². The van der Waals surface area contributed by atoms with Gasteiger partial charge in [0, 0.05) is 11.4 Å². The highest BCUT2D eigenvalue weighted by atomic mass is 16.4. The summed E-state index contributed by atoms with van der Waals surface area (Å²) in [5.74, 6) is 1.32. The van der Waals surface area contributed by atoms with Crippen molar-refractivity contribution in [3.05, 3.63) is 52.6 Å². The summed E-state index contributed by atoms with van der Waals surface area (Å²) in [6, 6.07) is 12.5. The van der Waals surface area contributed by atoms with Crippen LogP contribution in [0.3, 0.4) is 0 Å². The normalized spacial score (nSPS) is 15.9. The van der Waals surface area contributed by atoms with Gasteiger partial charge in [0.25, 0.3) is 0 Å². The molecule has 132 valence electrons. The van der Waals surface area contributed by atoms with Crippen LogP contribution in [0.4, 0.5) is 5.88 Å². The molecule has 1 saturated carbocycles. The summed E-state index contributed by atoms with van der Waals surface area (Å²) in [6.45, 7) is 1.84. The molecule has 0 amide bonds. The number of anilines is 1. The highest BCUT2D eigenvalue weighted by molar-refractivity contribution is 6.21. The van der Waals surface area contributed by atoms with Gasteiger partial charge in [0.2, 0.25) is 5.88 Å². The maximum atomic E-state index is 12.6. The van der Waals surface area contributed by atoms with Gasteiger partial charge in [-0.1, -0.05) is 49.6 Å². The molecule has 0 radical (unpaired) electrons. The van der Waals surface area contributed by atoms with E-state index in [1.54, 1.807) is 0 Å². The zero-order valence-corrected chi connectivity index (χ0v) is 14.8. The van der Waals surface area contributed by atoms with Crippen molar-refractivity contribution in [3.63, 3.8) is 0 Å². The van der Waals surface area contributed by atoms with Crippen LogP contribution in [0.2, 0.25) is 0 Å². The van der Waals surface area contributed by atoms with Crippen LogP contribution in [-0.2, 0) is 0 Å². The van der Waals surface area contributed by atoms with Gasteiger partial charge in [-0.25, -0.2) is 4.79 Å². The van der Waals surface area contributed by atoms with Crippen molar-refractivity contribution in [2.24, 2.45) is 0 Å². The molecule has 2 aromatic heterocycles. The van der Waals surface area contributed by atoms with Crippen LogP contribution in [-0.4, -0.2) is 6.04 Å². The second-order valence-electron chi connectivity index (χ2n) is 7.27. The van der Waals surface area contributed by atoms with E-state index in [0.717, 1.165) is 34.4 Å². The SMILES string of the molecule is Cc1oc(NC2CCCCC2)c2c1c(=O)oc1ccc3ccccc3c12. The quantitative estimate of drug-likeness (QED) is 0.371. The Balaban J connectivity index is 1.85. The van der Waals surface area contributed by atoms with Gasteiger partial charge in [-0.3, -0.25) is 0 Å². The number of nitrogens with one attached hydrogen (secondary N) is 1. The number of aryl methyl sites for hydroxylation is 1. The van der Waals surface area contributed by atoms with Gasteiger partial charge in [0.05, 0.1) is 5.39 Å². The average molecular weight is 347 g/mol. The van der Waals surface area contributed by atoms with Crippen molar-refractivity contribution < 1.29 is 8.83 Å². The van der Waals surface area contributed by atoms with E-state index in [4.69, 9.17) is 8.83 Å². The number of hydrogen-bond acceptors (Lipinski definition) is 4. The number of benzene rings is 2. The van der Waals surface area contributed by atoms with Crippen LogP contribution < -0.4 is 10.9 Å². The number of furan rings is 1. The van der Waals surface area contributed by atoms with Crippen molar-refractivity contribution in [3.8, 4) is 0 Å². The number of hydrogen-bond donors (Lipinski definition) is 1. The van der Waals surface area contributed by atoms with E-state index in [9.17, 15) is 4.79 Å². The van der Waals surface area contributed by atoms with Crippen LogP contribution in [0.5, 0.6) is 0 Å². The largest absolute Gasteiger partial charge is 0.444 e. The third kappa shape index (κ3) is 2.32. The zero-order valence-electron chi connectivity index (χ0n) is 14.8. The Morgan fingerprint density at radius 3 is 2.58 bits per heavy atom. The fraction of sp³-hybridized carbons (Fsp3) is 0.318. The van der Waals surface area contributed by atoms with Gasteiger partial charge < -0.3 is 14.2 Å². The predicted octanol–water partition coefficient (Wildman–Crippen LogP) is 5.75. The molecule has 4 aromatic rings. The fourth-order valence-corrected chi connectivity index (χ4v) is 4.31. The Morgan fingerprint density at radius 1 is 0.923 bits per heavy atom. The molecule has 0 saturated heterocycles. The van der Waals surface area contributed by atoms with E-state index < -0.39 is 0 Å². The average Bonchev–Trinajstić information content (AvgIpc) is 2.99. The van der Waals surface area contributed by atoms with E-state index >= 15 is 0 Å². The minimum absolute atomic E-state index is 0.333. The minimum Gasteiger partial charge on any atom is -0.444 e. The Morgan fingerprint density at radius 2 is 1.73 bits per heavy atom. The molecule has 1 aliphatic carbocycles. The summed E-state index contributed by atoms with van der Waals surface area (Å²) in [5, 5.41) is 8.14. The maximum Gasteiger partial charge on any atom is 0.347 e. The van der Waals surface area contributed by atoms with Crippen LogP contribution in [0.1, 0.15) is 37.9 Å². The molecule has 2 heterocycles. The zero-order chi connectivity index (χ0) is 17.7. The van der Waals surface area contributed by atoms with Gasteiger partial charge in [-0.15, -0.1) is 0 Å². The van der Waals surface area contributed by atoms with Crippen molar-refractivity contribution >= 4 is 38.4 Å². The second-order valence-corrected chi connectivity index (χ2v) is 7.27. The molecule has 26 heavy (non-hydrogen) atoms.